The van der Waals surface area contributed by atoms with Gasteiger partial charge in [0.15, 0.2) is 0 Å². The quantitative estimate of drug-likeness (QED) is 0.277. The molecule has 1 heterocycles. The molecule has 9 heteroatoms. The number of benzene rings is 3. The fourth-order valence-electron chi connectivity index (χ4n) is 4.14. The van der Waals surface area contributed by atoms with E-state index in [1.54, 1.807) is 10.7 Å². The lowest BCUT2D eigenvalue weighted by molar-refractivity contribution is -0.137. The Morgan fingerprint density at radius 1 is 0.900 bits per heavy atom. The molecular weight excluding hydrogens is 517 g/mol. The Balaban J connectivity index is 1.62. The fraction of sp³-hybridized carbons (Fsp3) is 0.258. The molecule has 0 spiro atoms. The first kappa shape index (κ1) is 28.6. The molecule has 40 heavy (non-hydrogen) atoms. The van der Waals surface area contributed by atoms with Crippen LogP contribution >= 0.6 is 0 Å². The van der Waals surface area contributed by atoms with Crippen LogP contribution in [0.2, 0.25) is 0 Å². The first-order valence-corrected chi connectivity index (χ1v) is 12.8. The Labute approximate surface area is 231 Å². The normalized spacial score (nSPS) is 11.8. The zero-order valence-electron chi connectivity index (χ0n) is 22.8. The number of hydrogen-bond donors (Lipinski definition) is 1. The second kappa shape index (κ2) is 11.4. The minimum Gasteiger partial charge on any atom is -0.325 e. The van der Waals surface area contributed by atoms with Crippen molar-refractivity contribution in [3.63, 3.8) is 0 Å². The highest BCUT2D eigenvalue weighted by Crippen LogP contribution is 2.30. The number of nitrogens with zero attached hydrogens (tertiary/aromatic N) is 3. The van der Waals surface area contributed by atoms with Crippen LogP contribution in [-0.2, 0) is 22.9 Å². The largest absolute Gasteiger partial charge is 0.416 e. The van der Waals surface area contributed by atoms with Gasteiger partial charge in [0, 0.05) is 23.6 Å². The maximum Gasteiger partial charge on any atom is 0.416 e. The summed E-state index contributed by atoms with van der Waals surface area (Å²) in [5.41, 5.74) is 2.26. The number of rotatable bonds is 7. The average molecular weight is 549 g/mol. The van der Waals surface area contributed by atoms with Crippen molar-refractivity contribution in [3.8, 4) is 5.69 Å². The van der Waals surface area contributed by atoms with E-state index in [4.69, 9.17) is 5.10 Å². The van der Waals surface area contributed by atoms with Crippen molar-refractivity contribution >= 4 is 17.6 Å². The second-order valence-corrected chi connectivity index (χ2v) is 10.7. The molecule has 0 saturated heterocycles. The number of nitrogens with one attached hydrogen (secondary N) is 1. The average Bonchev–Trinajstić information content (AvgIpc) is 3.32. The molecule has 0 bridgehead atoms. The second-order valence-electron chi connectivity index (χ2n) is 10.7. The lowest BCUT2D eigenvalue weighted by atomic mass is 9.92. The van der Waals surface area contributed by atoms with Gasteiger partial charge < -0.3 is 10.2 Å². The molecule has 0 aliphatic heterocycles. The molecular formula is C31H31F3N4O2. The Morgan fingerprint density at radius 3 is 2.17 bits per heavy atom. The van der Waals surface area contributed by atoms with E-state index in [2.05, 4.69) is 5.32 Å². The summed E-state index contributed by atoms with van der Waals surface area (Å²) in [4.78, 5) is 28.1. The van der Waals surface area contributed by atoms with Crippen molar-refractivity contribution in [1.29, 1.82) is 0 Å². The fourth-order valence-corrected chi connectivity index (χ4v) is 4.14. The van der Waals surface area contributed by atoms with Crippen LogP contribution in [0, 0.1) is 6.92 Å². The van der Waals surface area contributed by atoms with Crippen LogP contribution in [0.1, 0.15) is 53.5 Å². The van der Waals surface area contributed by atoms with E-state index in [0.29, 0.717) is 5.82 Å². The van der Waals surface area contributed by atoms with Crippen LogP contribution in [0.5, 0.6) is 0 Å². The molecule has 1 N–H and O–H groups in total. The van der Waals surface area contributed by atoms with Crippen LogP contribution in [0.15, 0.2) is 84.9 Å². The maximum atomic E-state index is 13.4. The first-order valence-electron chi connectivity index (χ1n) is 12.8. The lowest BCUT2D eigenvalue weighted by Gasteiger charge is -2.23. The molecule has 0 aliphatic rings. The zero-order chi connectivity index (χ0) is 29.1. The SMILES string of the molecule is Cc1cccc(-n2nc(C(C)(C)C)cc2NC(=O)CN(Cc2ccccc2)C(=O)c2ccc(C(F)(F)F)cc2)c1. The highest BCUT2D eigenvalue weighted by atomic mass is 19.4. The van der Waals surface area contributed by atoms with Gasteiger partial charge in [0.2, 0.25) is 5.91 Å². The molecule has 0 atom stereocenters. The lowest BCUT2D eigenvalue weighted by Crippen LogP contribution is -2.37. The van der Waals surface area contributed by atoms with E-state index in [1.165, 1.54) is 4.90 Å². The first-order chi connectivity index (χ1) is 18.8. The van der Waals surface area contributed by atoms with E-state index < -0.39 is 23.6 Å². The van der Waals surface area contributed by atoms with Crippen LogP contribution in [0.4, 0.5) is 19.0 Å². The summed E-state index contributed by atoms with van der Waals surface area (Å²) in [6.07, 6.45) is -4.52. The molecule has 3 aromatic carbocycles. The Kier molecular flexibility index (Phi) is 8.13. The van der Waals surface area contributed by atoms with Gasteiger partial charge in [-0.1, -0.05) is 63.2 Å². The van der Waals surface area contributed by atoms with Gasteiger partial charge in [-0.25, -0.2) is 4.68 Å². The standard InChI is InChI=1S/C31H31F3N4O2/c1-21-9-8-12-25(17-21)38-27(18-26(36-38)30(2,3)4)35-28(39)20-37(19-22-10-6-5-7-11-22)29(40)23-13-15-24(16-14-23)31(32,33)34/h5-18H,19-20H2,1-4H3,(H,35,39). The minimum atomic E-state index is -4.52. The van der Waals surface area contributed by atoms with Crippen molar-refractivity contribution in [2.45, 2.75) is 45.8 Å². The highest BCUT2D eigenvalue weighted by Gasteiger charge is 2.31. The zero-order valence-corrected chi connectivity index (χ0v) is 22.8. The summed E-state index contributed by atoms with van der Waals surface area (Å²) in [6.45, 7) is 7.80. The monoisotopic (exact) mass is 548 g/mol. The molecule has 208 valence electrons. The molecule has 2 amide bonds. The summed E-state index contributed by atoms with van der Waals surface area (Å²) < 4.78 is 40.8. The van der Waals surface area contributed by atoms with Crippen LogP contribution < -0.4 is 5.32 Å². The number of hydrogen-bond acceptors (Lipinski definition) is 3. The van der Waals surface area contributed by atoms with Gasteiger partial charge in [0.1, 0.15) is 12.4 Å². The number of amides is 2. The summed E-state index contributed by atoms with van der Waals surface area (Å²) in [5, 5.41) is 7.62. The number of carbonyl (C=O) groups excluding carboxylic acids is 2. The summed E-state index contributed by atoms with van der Waals surface area (Å²) in [7, 11) is 0. The van der Waals surface area contributed by atoms with Crippen LogP contribution in [0.25, 0.3) is 5.69 Å². The Hall–Kier alpha value is -4.40. The van der Waals surface area contributed by atoms with Gasteiger partial charge >= 0.3 is 6.18 Å². The predicted octanol–water partition coefficient (Wildman–Crippen LogP) is 6.78. The molecule has 1 aromatic heterocycles. The van der Waals surface area contributed by atoms with E-state index in [1.807, 2.05) is 82.3 Å². The number of alkyl halides is 3. The number of carbonyl (C=O) groups is 2. The maximum absolute atomic E-state index is 13.4. The topological polar surface area (TPSA) is 67.2 Å². The molecule has 6 nitrogen and oxygen atoms in total. The minimum absolute atomic E-state index is 0.0524. The van der Waals surface area contributed by atoms with E-state index in [-0.39, 0.29) is 24.1 Å². The van der Waals surface area contributed by atoms with Crippen LogP contribution in [-0.4, -0.2) is 33.0 Å². The molecule has 0 fully saturated rings. The third-order valence-corrected chi connectivity index (χ3v) is 6.29. The molecule has 0 unspecified atom stereocenters. The number of aryl methyl sites for hydroxylation is 1. The molecule has 4 aromatic rings. The van der Waals surface area contributed by atoms with Gasteiger partial charge in [0.25, 0.3) is 5.91 Å². The molecule has 4 rings (SSSR count). The van der Waals surface area contributed by atoms with Crippen molar-refractivity contribution in [3.05, 3.63) is 113 Å². The summed E-state index contributed by atoms with van der Waals surface area (Å²) >= 11 is 0. The van der Waals surface area contributed by atoms with Gasteiger partial charge in [0.05, 0.1) is 16.9 Å². The summed E-state index contributed by atoms with van der Waals surface area (Å²) in [6, 6.07) is 22.6. The van der Waals surface area contributed by atoms with Crippen molar-refractivity contribution in [1.82, 2.24) is 14.7 Å². The van der Waals surface area contributed by atoms with Gasteiger partial charge in [-0.2, -0.15) is 18.3 Å². The molecule has 0 aliphatic carbocycles. The van der Waals surface area contributed by atoms with Gasteiger partial charge in [-0.15, -0.1) is 0 Å². The van der Waals surface area contributed by atoms with Crippen molar-refractivity contribution in [2.24, 2.45) is 0 Å². The van der Waals surface area contributed by atoms with Gasteiger partial charge in [-0.3, -0.25) is 9.59 Å². The third-order valence-electron chi connectivity index (χ3n) is 6.29. The van der Waals surface area contributed by atoms with E-state index in [0.717, 1.165) is 46.8 Å². The van der Waals surface area contributed by atoms with E-state index >= 15 is 0 Å². The highest BCUT2D eigenvalue weighted by molar-refractivity contribution is 5.99. The smallest absolute Gasteiger partial charge is 0.325 e. The predicted molar refractivity (Wildman–Crippen MR) is 148 cm³/mol. The Bertz CT molecular complexity index is 1490. The van der Waals surface area contributed by atoms with Crippen LogP contribution in [0.3, 0.4) is 0 Å². The third kappa shape index (κ3) is 6.97. The molecule has 0 radical (unpaired) electrons. The van der Waals surface area contributed by atoms with Crippen molar-refractivity contribution < 1.29 is 22.8 Å². The van der Waals surface area contributed by atoms with Gasteiger partial charge in [-0.05, 0) is 54.4 Å². The number of halogens is 3. The van der Waals surface area contributed by atoms with E-state index in [9.17, 15) is 22.8 Å². The number of aromatic nitrogens is 2. The summed E-state index contributed by atoms with van der Waals surface area (Å²) in [5.74, 6) is -0.581. The Morgan fingerprint density at radius 2 is 1.57 bits per heavy atom. The molecule has 0 saturated carbocycles. The number of anilines is 1. The van der Waals surface area contributed by atoms with Crippen molar-refractivity contribution in [2.75, 3.05) is 11.9 Å².